The first-order chi connectivity index (χ1) is 8.67. The van der Waals surface area contributed by atoms with Crippen LogP contribution in [0.1, 0.15) is 50.0 Å². The number of carbonyl (C=O) groups excluding carboxylic acids is 1. The van der Waals surface area contributed by atoms with Crippen LogP contribution in [0.2, 0.25) is 0 Å². The molecule has 2 rings (SSSR count). The van der Waals surface area contributed by atoms with E-state index in [0.29, 0.717) is 18.0 Å². The van der Waals surface area contributed by atoms with Gasteiger partial charge in [-0.1, -0.05) is 19.8 Å². The summed E-state index contributed by atoms with van der Waals surface area (Å²) in [6.45, 7) is 4.96. The molecule has 4 heteroatoms. The Labute approximate surface area is 108 Å². The summed E-state index contributed by atoms with van der Waals surface area (Å²) in [7, 11) is 1.59. The first-order valence-corrected chi connectivity index (χ1v) is 6.81. The van der Waals surface area contributed by atoms with Gasteiger partial charge in [-0.3, -0.25) is 9.48 Å². The zero-order valence-electron chi connectivity index (χ0n) is 11.5. The van der Waals surface area contributed by atoms with Gasteiger partial charge in [0.05, 0.1) is 13.3 Å². The van der Waals surface area contributed by atoms with E-state index in [1.54, 1.807) is 18.0 Å². The van der Waals surface area contributed by atoms with Crippen LogP contribution in [0.25, 0.3) is 0 Å². The Bertz CT molecular complexity index is 396. The summed E-state index contributed by atoms with van der Waals surface area (Å²) in [5, 5.41) is 4.21. The molecular weight excluding hydrogens is 228 g/mol. The second-order valence-electron chi connectivity index (χ2n) is 5.20. The second-order valence-corrected chi connectivity index (χ2v) is 5.20. The maximum absolute atomic E-state index is 12.6. The molecule has 1 saturated carbocycles. The summed E-state index contributed by atoms with van der Waals surface area (Å²) >= 11 is 0. The number of carbonyl (C=O) groups is 1. The zero-order valence-corrected chi connectivity index (χ0v) is 11.5. The van der Waals surface area contributed by atoms with Crippen molar-refractivity contribution >= 4 is 5.78 Å². The van der Waals surface area contributed by atoms with Gasteiger partial charge in [0.2, 0.25) is 0 Å². The van der Waals surface area contributed by atoms with Crippen LogP contribution in [0, 0.1) is 11.8 Å². The van der Waals surface area contributed by atoms with Crippen LogP contribution in [0.3, 0.4) is 0 Å². The van der Waals surface area contributed by atoms with Crippen molar-refractivity contribution in [2.45, 2.75) is 46.1 Å². The molecule has 1 heterocycles. The molecule has 0 N–H and O–H groups in total. The van der Waals surface area contributed by atoms with E-state index < -0.39 is 0 Å². The van der Waals surface area contributed by atoms with Crippen LogP contribution in [-0.4, -0.2) is 22.7 Å². The number of methoxy groups -OCH3 is 1. The fraction of sp³-hybridized carbons (Fsp3) is 0.714. The second kappa shape index (κ2) is 5.55. The Hall–Kier alpha value is -1.32. The lowest BCUT2D eigenvalue weighted by molar-refractivity contribution is 0.0861. The molecule has 0 bridgehead atoms. The minimum absolute atomic E-state index is 0.150. The third-order valence-corrected chi connectivity index (χ3v) is 3.95. The van der Waals surface area contributed by atoms with Crippen molar-refractivity contribution in [2.75, 3.05) is 7.11 Å². The molecule has 0 aromatic carbocycles. The number of ether oxygens (including phenoxy) is 1. The van der Waals surface area contributed by atoms with Crippen LogP contribution >= 0.6 is 0 Å². The van der Waals surface area contributed by atoms with E-state index in [4.69, 9.17) is 4.74 Å². The summed E-state index contributed by atoms with van der Waals surface area (Å²) < 4.78 is 7.01. The van der Waals surface area contributed by atoms with Gasteiger partial charge in [-0.25, -0.2) is 0 Å². The highest BCUT2D eigenvalue weighted by Gasteiger charge is 2.29. The molecule has 1 aromatic rings. The molecule has 0 spiro atoms. The predicted octanol–water partition coefficient (Wildman–Crippen LogP) is 2.92. The molecule has 1 fully saturated rings. The van der Waals surface area contributed by atoms with Gasteiger partial charge >= 0.3 is 0 Å². The topological polar surface area (TPSA) is 44.1 Å². The van der Waals surface area contributed by atoms with Crippen molar-refractivity contribution in [3.05, 3.63) is 11.9 Å². The van der Waals surface area contributed by atoms with Gasteiger partial charge < -0.3 is 4.74 Å². The number of rotatable bonds is 4. The van der Waals surface area contributed by atoms with E-state index in [0.717, 1.165) is 31.6 Å². The molecule has 4 nitrogen and oxygen atoms in total. The van der Waals surface area contributed by atoms with Crippen molar-refractivity contribution in [2.24, 2.45) is 11.8 Å². The third kappa shape index (κ3) is 2.42. The summed E-state index contributed by atoms with van der Waals surface area (Å²) in [6, 6.07) is 0. The van der Waals surface area contributed by atoms with Gasteiger partial charge in [0.1, 0.15) is 5.69 Å². The summed E-state index contributed by atoms with van der Waals surface area (Å²) in [6.07, 6.45) is 5.94. The lowest BCUT2D eigenvalue weighted by Gasteiger charge is -2.25. The van der Waals surface area contributed by atoms with Gasteiger partial charge in [-0.05, 0) is 25.7 Å². The number of hydrogen-bond donors (Lipinski definition) is 0. The minimum atomic E-state index is 0.150. The normalized spacial score (nSPS) is 23.9. The van der Waals surface area contributed by atoms with Crippen molar-refractivity contribution in [3.63, 3.8) is 0 Å². The predicted molar refractivity (Wildman–Crippen MR) is 69.9 cm³/mol. The molecule has 0 amide bonds. The molecule has 0 radical (unpaired) electrons. The Morgan fingerprint density at radius 2 is 2.11 bits per heavy atom. The SMILES string of the molecule is CCn1ncc(OC)c1C(=O)C1CCC(C)CC1. The smallest absolute Gasteiger partial charge is 0.187 e. The fourth-order valence-corrected chi connectivity index (χ4v) is 2.72. The van der Waals surface area contributed by atoms with Crippen molar-refractivity contribution in [3.8, 4) is 5.75 Å². The number of Topliss-reactive ketones (excluding diaryl/α,β-unsaturated/α-hetero) is 1. The Morgan fingerprint density at radius 1 is 1.44 bits per heavy atom. The van der Waals surface area contributed by atoms with E-state index in [-0.39, 0.29) is 11.7 Å². The minimum Gasteiger partial charge on any atom is -0.493 e. The van der Waals surface area contributed by atoms with E-state index >= 15 is 0 Å². The van der Waals surface area contributed by atoms with Gasteiger partial charge in [0, 0.05) is 12.5 Å². The highest BCUT2D eigenvalue weighted by Crippen LogP contribution is 2.32. The monoisotopic (exact) mass is 250 g/mol. The molecule has 0 saturated heterocycles. The van der Waals surface area contributed by atoms with Crippen LogP contribution in [-0.2, 0) is 6.54 Å². The van der Waals surface area contributed by atoms with E-state index in [1.807, 2.05) is 6.92 Å². The van der Waals surface area contributed by atoms with Gasteiger partial charge in [0.25, 0.3) is 0 Å². The van der Waals surface area contributed by atoms with Crippen LogP contribution in [0.5, 0.6) is 5.75 Å². The molecule has 0 unspecified atom stereocenters. The van der Waals surface area contributed by atoms with E-state index in [1.165, 1.54) is 0 Å². The number of aryl methyl sites for hydroxylation is 1. The fourth-order valence-electron chi connectivity index (χ4n) is 2.72. The molecule has 1 aromatic heterocycles. The Morgan fingerprint density at radius 3 is 2.67 bits per heavy atom. The van der Waals surface area contributed by atoms with Crippen LogP contribution < -0.4 is 4.74 Å². The van der Waals surface area contributed by atoms with E-state index in [2.05, 4.69) is 12.0 Å². The standard InChI is InChI=1S/C14H22N2O2/c1-4-16-13(12(18-3)9-15-16)14(17)11-7-5-10(2)6-8-11/h9-11H,4-8H2,1-3H3. The average Bonchev–Trinajstić information content (AvgIpc) is 2.81. The Kier molecular flexibility index (Phi) is 4.04. The van der Waals surface area contributed by atoms with E-state index in [9.17, 15) is 4.79 Å². The van der Waals surface area contributed by atoms with Gasteiger partial charge in [0.15, 0.2) is 11.5 Å². The lowest BCUT2D eigenvalue weighted by atomic mass is 9.80. The number of hydrogen-bond acceptors (Lipinski definition) is 3. The number of ketones is 1. The maximum atomic E-state index is 12.6. The number of aromatic nitrogens is 2. The highest BCUT2D eigenvalue weighted by molar-refractivity contribution is 5.98. The molecule has 18 heavy (non-hydrogen) atoms. The van der Waals surface area contributed by atoms with Crippen LogP contribution in [0.15, 0.2) is 6.20 Å². The largest absolute Gasteiger partial charge is 0.493 e. The molecule has 0 atom stereocenters. The summed E-state index contributed by atoms with van der Waals surface area (Å²) in [4.78, 5) is 12.6. The van der Waals surface area contributed by atoms with Gasteiger partial charge in [-0.2, -0.15) is 5.10 Å². The molecular formula is C14H22N2O2. The zero-order chi connectivity index (χ0) is 13.1. The first kappa shape index (κ1) is 13.1. The third-order valence-electron chi connectivity index (χ3n) is 3.95. The maximum Gasteiger partial charge on any atom is 0.187 e. The van der Waals surface area contributed by atoms with Crippen molar-refractivity contribution in [1.29, 1.82) is 0 Å². The number of nitrogens with zero attached hydrogens (tertiary/aromatic N) is 2. The van der Waals surface area contributed by atoms with Crippen molar-refractivity contribution < 1.29 is 9.53 Å². The highest BCUT2D eigenvalue weighted by atomic mass is 16.5. The molecule has 1 aliphatic carbocycles. The average molecular weight is 250 g/mol. The molecule has 1 aliphatic rings. The van der Waals surface area contributed by atoms with Crippen molar-refractivity contribution in [1.82, 2.24) is 9.78 Å². The first-order valence-electron chi connectivity index (χ1n) is 6.81. The quantitative estimate of drug-likeness (QED) is 0.772. The van der Waals surface area contributed by atoms with Gasteiger partial charge in [-0.15, -0.1) is 0 Å². The summed E-state index contributed by atoms with van der Waals surface area (Å²) in [5.41, 5.74) is 0.652. The summed E-state index contributed by atoms with van der Waals surface area (Å²) in [5.74, 6) is 1.72. The molecule has 0 aliphatic heterocycles. The Balaban J connectivity index is 2.20. The van der Waals surface area contributed by atoms with Crippen LogP contribution in [0.4, 0.5) is 0 Å². The lowest BCUT2D eigenvalue weighted by Crippen LogP contribution is -2.23. The molecule has 100 valence electrons.